The van der Waals surface area contributed by atoms with Crippen molar-refractivity contribution in [3.8, 4) is 0 Å². The second kappa shape index (κ2) is 5.97. The van der Waals surface area contributed by atoms with Crippen LogP contribution in [0.15, 0.2) is 11.6 Å². The summed E-state index contributed by atoms with van der Waals surface area (Å²) in [6, 6.07) is 0. The number of thiazole rings is 1. The number of carbonyl (C=O) groups excluding carboxylic acids is 1. The number of esters is 1. The summed E-state index contributed by atoms with van der Waals surface area (Å²) < 4.78 is 6.58. The lowest BCUT2D eigenvalue weighted by Crippen LogP contribution is -2.12. The molecule has 102 valence electrons. The summed E-state index contributed by atoms with van der Waals surface area (Å²) in [4.78, 5) is 20.4. The van der Waals surface area contributed by atoms with Crippen LogP contribution < -0.4 is 0 Å². The normalized spacial score (nSPS) is 10.7. The van der Waals surface area contributed by atoms with E-state index in [1.165, 1.54) is 7.11 Å². The number of rotatable bonds is 5. The minimum absolute atomic E-state index is 0.371. The Balaban J connectivity index is 2.22. The summed E-state index contributed by atoms with van der Waals surface area (Å²) in [5.41, 5.74) is 1.42. The molecule has 2 rings (SSSR count). The summed E-state index contributed by atoms with van der Waals surface area (Å²) in [6.45, 7) is 4.55. The quantitative estimate of drug-likeness (QED) is 0.789. The van der Waals surface area contributed by atoms with Crippen LogP contribution >= 0.6 is 11.3 Å². The second-order valence-corrected chi connectivity index (χ2v) is 5.19. The Morgan fingerprint density at radius 3 is 3.00 bits per heavy atom. The molecular formula is C13H17N3O2S. The zero-order valence-corrected chi connectivity index (χ0v) is 12.2. The third kappa shape index (κ3) is 3.01. The summed E-state index contributed by atoms with van der Waals surface area (Å²) in [6.07, 6.45) is 3.63. The van der Waals surface area contributed by atoms with Gasteiger partial charge in [-0.1, -0.05) is 6.92 Å². The Hall–Kier alpha value is -1.69. The maximum Gasteiger partial charge on any atom is 0.356 e. The lowest BCUT2D eigenvalue weighted by molar-refractivity contribution is 0.0588. The van der Waals surface area contributed by atoms with Gasteiger partial charge in [-0.25, -0.2) is 14.8 Å². The van der Waals surface area contributed by atoms with Crippen LogP contribution in [0.5, 0.6) is 0 Å². The summed E-state index contributed by atoms with van der Waals surface area (Å²) in [5.74, 6) is 0.412. The van der Waals surface area contributed by atoms with E-state index in [0.29, 0.717) is 12.2 Å². The monoisotopic (exact) mass is 279 g/mol. The van der Waals surface area contributed by atoms with Crippen LogP contribution in [0.25, 0.3) is 0 Å². The molecule has 0 fully saturated rings. The van der Waals surface area contributed by atoms with Gasteiger partial charge in [0.25, 0.3) is 0 Å². The molecule has 0 radical (unpaired) electrons. The number of methoxy groups -OCH3 is 1. The van der Waals surface area contributed by atoms with E-state index < -0.39 is 0 Å². The van der Waals surface area contributed by atoms with Gasteiger partial charge in [-0.15, -0.1) is 11.3 Å². The minimum Gasteiger partial charge on any atom is -0.464 e. The topological polar surface area (TPSA) is 57.0 Å². The molecule has 2 heterocycles. The van der Waals surface area contributed by atoms with E-state index in [1.54, 1.807) is 17.5 Å². The minimum atomic E-state index is -0.371. The van der Waals surface area contributed by atoms with Gasteiger partial charge in [-0.2, -0.15) is 0 Å². The standard InChI is InChI=1S/C13H17N3O2S/c1-4-5-12-15-10(8-19-12)7-16-9(2)14-6-11(16)13(17)18-3/h6,8H,4-5,7H2,1-3H3. The van der Waals surface area contributed by atoms with Crippen LogP contribution in [0, 0.1) is 6.92 Å². The number of hydrogen-bond acceptors (Lipinski definition) is 5. The molecule has 0 atom stereocenters. The Bertz CT molecular complexity index is 574. The van der Waals surface area contributed by atoms with E-state index >= 15 is 0 Å². The Kier molecular flexibility index (Phi) is 4.31. The zero-order valence-electron chi connectivity index (χ0n) is 11.3. The molecule has 5 nitrogen and oxygen atoms in total. The maximum absolute atomic E-state index is 11.6. The first-order chi connectivity index (χ1) is 9.15. The predicted octanol–water partition coefficient (Wildman–Crippen LogP) is 2.44. The van der Waals surface area contributed by atoms with E-state index in [-0.39, 0.29) is 5.97 Å². The van der Waals surface area contributed by atoms with Crippen molar-refractivity contribution in [3.63, 3.8) is 0 Å². The van der Waals surface area contributed by atoms with Crippen molar-refractivity contribution in [2.24, 2.45) is 0 Å². The Labute approximate surface area is 116 Å². The molecule has 2 aromatic rings. The first kappa shape index (κ1) is 13.7. The van der Waals surface area contributed by atoms with Crippen molar-refractivity contribution in [1.82, 2.24) is 14.5 Å². The van der Waals surface area contributed by atoms with Crippen molar-refractivity contribution in [2.75, 3.05) is 7.11 Å². The SMILES string of the molecule is CCCc1nc(Cn2c(C(=O)OC)cnc2C)cs1. The molecule has 19 heavy (non-hydrogen) atoms. The maximum atomic E-state index is 11.6. The lowest BCUT2D eigenvalue weighted by Gasteiger charge is -2.06. The van der Waals surface area contributed by atoms with Crippen molar-refractivity contribution in [2.45, 2.75) is 33.2 Å². The van der Waals surface area contributed by atoms with Crippen molar-refractivity contribution in [1.29, 1.82) is 0 Å². The van der Waals surface area contributed by atoms with Crippen LogP contribution in [-0.4, -0.2) is 27.6 Å². The van der Waals surface area contributed by atoms with Crippen LogP contribution in [0.3, 0.4) is 0 Å². The number of ether oxygens (including phenoxy) is 1. The molecule has 0 saturated heterocycles. The van der Waals surface area contributed by atoms with Gasteiger partial charge >= 0.3 is 5.97 Å². The fourth-order valence-corrected chi connectivity index (χ4v) is 2.74. The molecule has 0 saturated carbocycles. The van der Waals surface area contributed by atoms with Crippen molar-refractivity contribution in [3.05, 3.63) is 33.8 Å². The lowest BCUT2D eigenvalue weighted by atomic mass is 10.3. The average Bonchev–Trinajstić information content (AvgIpc) is 2.98. The highest BCUT2D eigenvalue weighted by Gasteiger charge is 2.15. The number of aryl methyl sites for hydroxylation is 2. The molecule has 0 N–H and O–H groups in total. The molecule has 0 bridgehead atoms. The average molecular weight is 279 g/mol. The van der Waals surface area contributed by atoms with Crippen LogP contribution in [-0.2, 0) is 17.7 Å². The van der Waals surface area contributed by atoms with E-state index in [2.05, 4.69) is 16.9 Å². The van der Waals surface area contributed by atoms with Crippen LogP contribution in [0.1, 0.15) is 40.4 Å². The summed E-state index contributed by atoms with van der Waals surface area (Å²) in [7, 11) is 1.37. The number of hydrogen-bond donors (Lipinski definition) is 0. The van der Waals surface area contributed by atoms with E-state index in [9.17, 15) is 4.79 Å². The van der Waals surface area contributed by atoms with E-state index in [4.69, 9.17) is 4.74 Å². The fourth-order valence-electron chi connectivity index (χ4n) is 1.85. The predicted molar refractivity (Wildman–Crippen MR) is 73.5 cm³/mol. The Morgan fingerprint density at radius 1 is 1.53 bits per heavy atom. The third-order valence-electron chi connectivity index (χ3n) is 2.83. The van der Waals surface area contributed by atoms with Gasteiger partial charge in [-0.05, 0) is 19.8 Å². The first-order valence-corrected chi connectivity index (χ1v) is 7.07. The molecule has 2 aromatic heterocycles. The third-order valence-corrected chi connectivity index (χ3v) is 3.79. The van der Waals surface area contributed by atoms with Gasteiger partial charge in [-0.3, -0.25) is 0 Å². The first-order valence-electron chi connectivity index (χ1n) is 6.19. The second-order valence-electron chi connectivity index (χ2n) is 4.25. The molecule has 0 amide bonds. The number of imidazole rings is 1. The molecule has 0 spiro atoms. The van der Waals surface area contributed by atoms with Gasteiger partial charge < -0.3 is 9.30 Å². The van der Waals surface area contributed by atoms with E-state index in [1.807, 2.05) is 16.9 Å². The zero-order chi connectivity index (χ0) is 13.8. The molecule has 0 unspecified atom stereocenters. The number of aromatic nitrogens is 3. The van der Waals surface area contributed by atoms with Crippen LogP contribution in [0.4, 0.5) is 0 Å². The largest absolute Gasteiger partial charge is 0.464 e. The molecule has 0 aliphatic rings. The van der Waals surface area contributed by atoms with Crippen molar-refractivity contribution < 1.29 is 9.53 Å². The van der Waals surface area contributed by atoms with Gasteiger partial charge in [0.1, 0.15) is 11.5 Å². The Morgan fingerprint density at radius 2 is 2.32 bits per heavy atom. The molecule has 0 aromatic carbocycles. The highest BCUT2D eigenvalue weighted by Crippen LogP contribution is 2.15. The highest BCUT2D eigenvalue weighted by molar-refractivity contribution is 7.09. The summed E-state index contributed by atoms with van der Waals surface area (Å²) >= 11 is 1.66. The van der Waals surface area contributed by atoms with Gasteiger partial charge in [0.2, 0.25) is 0 Å². The van der Waals surface area contributed by atoms with E-state index in [0.717, 1.165) is 29.4 Å². The smallest absolute Gasteiger partial charge is 0.356 e. The highest BCUT2D eigenvalue weighted by atomic mass is 32.1. The number of nitrogens with zero attached hydrogens (tertiary/aromatic N) is 3. The fraction of sp³-hybridized carbons (Fsp3) is 0.462. The molecular weight excluding hydrogens is 262 g/mol. The number of carbonyl (C=O) groups is 1. The van der Waals surface area contributed by atoms with Crippen molar-refractivity contribution >= 4 is 17.3 Å². The molecule has 6 heteroatoms. The van der Waals surface area contributed by atoms with Gasteiger partial charge in [0.15, 0.2) is 0 Å². The van der Waals surface area contributed by atoms with Crippen LogP contribution in [0.2, 0.25) is 0 Å². The van der Waals surface area contributed by atoms with Gasteiger partial charge in [0, 0.05) is 5.38 Å². The van der Waals surface area contributed by atoms with Gasteiger partial charge in [0.05, 0.1) is 30.6 Å². The summed E-state index contributed by atoms with van der Waals surface area (Å²) in [5, 5.41) is 3.17. The molecule has 0 aliphatic carbocycles. The molecule has 0 aliphatic heterocycles.